The third-order valence-corrected chi connectivity index (χ3v) is 4.76. The lowest BCUT2D eigenvalue weighted by atomic mass is 10.1. The minimum Gasteiger partial charge on any atom is -0.460 e. The van der Waals surface area contributed by atoms with Crippen LogP contribution in [-0.4, -0.2) is 77.9 Å². The average Bonchev–Trinajstić information content (AvgIpc) is 2.81. The zero-order valence-corrected chi connectivity index (χ0v) is 28.0. The van der Waals surface area contributed by atoms with Gasteiger partial charge in [0.15, 0.2) is 0 Å². The fraction of sp³-hybridized carbons (Fsp3) is 0.857. The van der Waals surface area contributed by atoms with Gasteiger partial charge in [0.05, 0.1) is 12.1 Å². The molecule has 0 radical (unpaired) electrons. The molecule has 0 aromatic rings. The molecule has 11 heteroatoms. The van der Waals surface area contributed by atoms with Gasteiger partial charge in [0.25, 0.3) is 0 Å². The number of carbonyl (C=O) groups excluding carboxylic acids is 4. The van der Waals surface area contributed by atoms with Crippen LogP contribution in [0.5, 0.6) is 0 Å². The fourth-order valence-electron chi connectivity index (χ4n) is 2.15. The highest BCUT2D eigenvalue weighted by Crippen LogP contribution is 2.21. The first kappa shape index (κ1) is 44.2. The monoisotopic (exact) mass is 581 g/mol. The van der Waals surface area contributed by atoms with E-state index in [4.69, 9.17) is 19.9 Å². The van der Waals surface area contributed by atoms with Crippen molar-refractivity contribution < 1.29 is 33.4 Å². The maximum atomic E-state index is 12.4. The third-order valence-electron chi connectivity index (χ3n) is 3.95. The number of ether oxygens (including phenoxy) is 3. The number of hydrogen-bond acceptors (Lipinski definition) is 9. The number of rotatable bonds is 10. The lowest BCUT2D eigenvalue weighted by Gasteiger charge is -2.30. The van der Waals surface area contributed by atoms with Gasteiger partial charge in [0.1, 0.15) is 23.5 Å². The fourth-order valence-corrected chi connectivity index (χ4v) is 2.83. The Balaban J connectivity index is -0.000000294. The van der Waals surface area contributed by atoms with Crippen LogP contribution in [0.2, 0.25) is 0 Å². The lowest BCUT2D eigenvalue weighted by molar-refractivity contribution is -0.159. The van der Waals surface area contributed by atoms with E-state index in [2.05, 4.69) is 5.32 Å². The summed E-state index contributed by atoms with van der Waals surface area (Å²) >= 11 is 1.12. The summed E-state index contributed by atoms with van der Waals surface area (Å²) < 4.78 is 16.6. The number of nitrogens with zero attached hydrogens (tertiary/aromatic N) is 1. The number of nitrogens with one attached hydrogen (secondary N) is 1. The molecule has 0 saturated carbocycles. The summed E-state index contributed by atoms with van der Waals surface area (Å²) in [6, 6.07) is -1.20. The number of unbranched alkanes of at least 4 members (excludes halogenated alkanes) is 1. The number of aldehydes is 1. The second-order valence-electron chi connectivity index (χ2n) is 11.0. The molecule has 0 aromatic heterocycles. The molecular formula is C28H59N3O7S. The second kappa shape index (κ2) is 24.0. The number of nitrogens with two attached hydrogens (primary N) is 1. The molecule has 234 valence electrons. The van der Waals surface area contributed by atoms with E-state index in [1.807, 2.05) is 55.4 Å². The van der Waals surface area contributed by atoms with E-state index in [0.717, 1.165) is 18.4 Å². The van der Waals surface area contributed by atoms with Gasteiger partial charge in [0, 0.05) is 19.8 Å². The molecule has 0 aliphatic carbocycles. The standard InChI is InChI=1S/C14H27N3O4S.C7H14O2.C5H12O.C2H6/c1-14(2,3)21-12(19)11(7-5-6-8-15)17(22-4)13(20)16-9-10-18;1-5-6(8)9-7(2,3)4;1-5(2,3)6-4;1-2/h10-11H,5-9,15H2,1-4H3,(H,16,20);5H2,1-4H3;1-4H3;1-2H3. The molecule has 0 aliphatic heterocycles. The van der Waals surface area contributed by atoms with Crippen LogP contribution >= 0.6 is 11.9 Å². The highest BCUT2D eigenvalue weighted by molar-refractivity contribution is 7.96. The van der Waals surface area contributed by atoms with E-state index in [9.17, 15) is 19.2 Å². The Morgan fingerprint density at radius 2 is 1.38 bits per heavy atom. The molecule has 39 heavy (non-hydrogen) atoms. The molecule has 0 bridgehead atoms. The quantitative estimate of drug-likeness (QED) is 0.148. The molecule has 2 amide bonds. The van der Waals surface area contributed by atoms with Gasteiger partial charge in [-0.25, -0.2) is 9.59 Å². The van der Waals surface area contributed by atoms with Crippen LogP contribution in [0.3, 0.4) is 0 Å². The lowest BCUT2D eigenvalue weighted by Crippen LogP contribution is -2.48. The minimum atomic E-state index is -0.715. The molecule has 1 unspecified atom stereocenters. The Labute approximate surface area is 243 Å². The van der Waals surface area contributed by atoms with Gasteiger partial charge in [-0.3, -0.25) is 9.10 Å². The highest BCUT2D eigenvalue weighted by atomic mass is 32.2. The first-order valence-electron chi connectivity index (χ1n) is 13.5. The van der Waals surface area contributed by atoms with E-state index in [1.165, 1.54) is 4.31 Å². The third kappa shape index (κ3) is 32.3. The van der Waals surface area contributed by atoms with Gasteiger partial charge < -0.3 is 30.1 Å². The van der Waals surface area contributed by atoms with Crippen molar-refractivity contribution in [1.29, 1.82) is 0 Å². The Morgan fingerprint density at radius 3 is 1.67 bits per heavy atom. The smallest absolute Gasteiger partial charge is 0.330 e. The number of urea groups is 1. The summed E-state index contributed by atoms with van der Waals surface area (Å²) in [5, 5.41) is 2.44. The summed E-state index contributed by atoms with van der Waals surface area (Å²) in [5.41, 5.74) is 4.56. The Hall–Kier alpha value is -1.85. The van der Waals surface area contributed by atoms with E-state index in [0.29, 0.717) is 32.1 Å². The maximum absolute atomic E-state index is 12.4. The van der Waals surface area contributed by atoms with Crippen molar-refractivity contribution in [2.24, 2.45) is 5.73 Å². The molecule has 3 N–H and O–H groups in total. The van der Waals surface area contributed by atoms with Gasteiger partial charge in [-0.05, 0) is 100 Å². The molecule has 10 nitrogen and oxygen atoms in total. The number of methoxy groups -OCH3 is 1. The number of hydrogen-bond donors (Lipinski definition) is 2. The van der Waals surface area contributed by atoms with Crippen LogP contribution in [0.4, 0.5) is 4.79 Å². The van der Waals surface area contributed by atoms with Crippen molar-refractivity contribution in [3.8, 4) is 0 Å². The minimum absolute atomic E-state index is 0.0417. The first-order chi connectivity index (χ1) is 17.8. The SMILES string of the molecule is CC.CCC(=O)OC(C)(C)C.COC(C)(C)C.CSN(C(=O)NCC=O)C(CCCCN)C(=O)OC(C)(C)C. The molecule has 0 spiro atoms. The van der Waals surface area contributed by atoms with Gasteiger partial charge in [-0.2, -0.15) is 0 Å². The number of amides is 2. The zero-order chi connectivity index (χ0) is 31.9. The molecule has 0 aromatic carbocycles. The van der Waals surface area contributed by atoms with Crippen molar-refractivity contribution in [1.82, 2.24) is 9.62 Å². The molecule has 0 aliphatic rings. The van der Waals surface area contributed by atoms with Crippen molar-refractivity contribution >= 4 is 36.2 Å². The van der Waals surface area contributed by atoms with Crippen LogP contribution in [0.25, 0.3) is 0 Å². The summed E-state index contributed by atoms with van der Waals surface area (Å²) in [5.74, 6) is -0.595. The second-order valence-corrected chi connectivity index (χ2v) is 11.7. The molecule has 0 saturated heterocycles. The number of carbonyl (C=O) groups is 4. The summed E-state index contributed by atoms with van der Waals surface area (Å²) in [7, 11) is 1.71. The Kier molecular flexibility index (Phi) is 27.2. The van der Waals surface area contributed by atoms with Crippen LogP contribution in [0.15, 0.2) is 0 Å². The van der Waals surface area contributed by atoms with Crippen LogP contribution in [0.1, 0.15) is 109 Å². The summed E-state index contributed by atoms with van der Waals surface area (Å²) in [6.45, 7) is 23.2. The van der Waals surface area contributed by atoms with Crippen LogP contribution in [-0.2, 0) is 28.6 Å². The Bertz CT molecular complexity index is 655. The van der Waals surface area contributed by atoms with E-state index in [1.54, 1.807) is 41.1 Å². The normalized spacial score (nSPS) is 11.6. The molecule has 0 fully saturated rings. The maximum Gasteiger partial charge on any atom is 0.330 e. The van der Waals surface area contributed by atoms with Crippen molar-refractivity contribution in [3.05, 3.63) is 0 Å². The van der Waals surface area contributed by atoms with E-state index < -0.39 is 23.6 Å². The van der Waals surface area contributed by atoms with Gasteiger partial charge in [-0.1, -0.05) is 20.8 Å². The molecule has 1 atom stereocenters. The van der Waals surface area contributed by atoms with Gasteiger partial charge >= 0.3 is 18.0 Å². The predicted octanol–water partition coefficient (Wildman–Crippen LogP) is 5.51. The molecular weight excluding hydrogens is 522 g/mol. The summed E-state index contributed by atoms with van der Waals surface area (Å²) in [6.07, 6.45) is 4.67. The molecule has 0 heterocycles. The van der Waals surface area contributed by atoms with Gasteiger partial charge in [-0.15, -0.1) is 0 Å². The van der Waals surface area contributed by atoms with Crippen molar-refractivity contribution in [2.75, 3.05) is 26.5 Å². The zero-order valence-electron chi connectivity index (χ0n) is 27.2. The topological polar surface area (TPSA) is 137 Å². The largest absolute Gasteiger partial charge is 0.460 e. The highest BCUT2D eigenvalue weighted by Gasteiger charge is 2.33. The average molecular weight is 582 g/mol. The van der Waals surface area contributed by atoms with E-state index >= 15 is 0 Å². The summed E-state index contributed by atoms with van der Waals surface area (Å²) in [4.78, 5) is 45.4. The Morgan fingerprint density at radius 1 is 0.923 bits per heavy atom. The molecule has 0 rings (SSSR count). The number of esters is 2. The van der Waals surface area contributed by atoms with Crippen LogP contribution < -0.4 is 11.1 Å². The first-order valence-corrected chi connectivity index (χ1v) is 14.7. The van der Waals surface area contributed by atoms with Crippen LogP contribution in [0, 0.1) is 0 Å². The van der Waals surface area contributed by atoms with Crippen molar-refractivity contribution in [2.45, 2.75) is 132 Å². The van der Waals surface area contributed by atoms with E-state index in [-0.39, 0.29) is 23.7 Å². The van der Waals surface area contributed by atoms with Gasteiger partial charge in [0.2, 0.25) is 0 Å². The predicted molar refractivity (Wildman–Crippen MR) is 162 cm³/mol. The van der Waals surface area contributed by atoms with Crippen molar-refractivity contribution in [3.63, 3.8) is 0 Å².